The summed E-state index contributed by atoms with van der Waals surface area (Å²) in [5, 5.41) is 21.0. The number of rotatable bonds is 8. The van der Waals surface area contributed by atoms with Crippen LogP contribution in [-0.4, -0.2) is 33.1 Å². The van der Waals surface area contributed by atoms with Gasteiger partial charge < -0.3 is 20.1 Å². The minimum atomic E-state index is -1.19. The largest absolute Gasteiger partial charge is 0.481 e. The van der Waals surface area contributed by atoms with Crippen molar-refractivity contribution in [3.63, 3.8) is 0 Å². The molecule has 0 atom stereocenters. The highest BCUT2D eigenvalue weighted by Gasteiger charge is 2.26. The van der Waals surface area contributed by atoms with Gasteiger partial charge in [-0.2, -0.15) is 0 Å². The van der Waals surface area contributed by atoms with E-state index in [0.717, 1.165) is 5.56 Å². The van der Waals surface area contributed by atoms with Crippen LogP contribution >= 0.6 is 0 Å². The Bertz CT molecular complexity index is 1100. The van der Waals surface area contributed by atoms with Gasteiger partial charge in [-0.1, -0.05) is 30.3 Å². The van der Waals surface area contributed by atoms with Crippen LogP contribution in [-0.2, 0) is 22.6 Å². The van der Waals surface area contributed by atoms with Crippen molar-refractivity contribution in [2.75, 3.05) is 6.61 Å². The summed E-state index contributed by atoms with van der Waals surface area (Å²) in [6.45, 7) is 1.45. The van der Waals surface area contributed by atoms with Crippen molar-refractivity contribution in [1.29, 1.82) is 0 Å². The Kier molecular flexibility index (Phi) is 5.49. The van der Waals surface area contributed by atoms with Crippen molar-refractivity contribution < 1.29 is 24.4 Å². The molecule has 1 amide bonds. The lowest BCUT2D eigenvalue weighted by atomic mass is 10.1. The Balaban J connectivity index is 2.32. The minimum Gasteiger partial charge on any atom is -0.481 e. The highest BCUT2D eigenvalue weighted by molar-refractivity contribution is 5.99. The van der Waals surface area contributed by atoms with Crippen LogP contribution in [0.1, 0.15) is 16.8 Å². The zero-order valence-electron chi connectivity index (χ0n) is 15.6. The van der Waals surface area contributed by atoms with E-state index in [2.05, 4.69) is 0 Å². The third-order valence-electron chi connectivity index (χ3n) is 4.61. The molecule has 29 heavy (non-hydrogen) atoms. The molecular formula is C20H19N3O6. The number of carbonyl (C=O) groups excluding carboxylic acids is 1. The van der Waals surface area contributed by atoms with Crippen LogP contribution in [0.25, 0.3) is 10.9 Å². The van der Waals surface area contributed by atoms with E-state index in [9.17, 15) is 19.7 Å². The number of nitrogens with two attached hydrogens (primary N) is 1. The van der Waals surface area contributed by atoms with E-state index < -0.39 is 23.4 Å². The molecular weight excluding hydrogens is 378 g/mol. The predicted octanol–water partition coefficient (Wildman–Crippen LogP) is 2.40. The van der Waals surface area contributed by atoms with E-state index >= 15 is 0 Å². The van der Waals surface area contributed by atoms with E-state index in [0.29, 0.717) is 23.2 Å². The molecule has 0 saturated carbocycles. The van der Waals surface area contributed by atoms with E-state index in [1.165, 1.54) is 12.1 Å². The fraction of sp³-hybridized carbons (Fsp3) is 0.200. The van der Waals surface area contributed by atoms with Crippen LogP contribution in [0.4, 0.5) is 5.69 Å². The van der Waals surface area contributed by atoms with Gasteiger partial charge in [-0.3, -0.25) is 14.9 Å². The molecule has 9 nitrogen and oxygen atoms in total. The number of carboxylic acid groups (broad SMARTS) is 1. The molecule has 0 bridgehead atoms. The number of non-ortho nitro benzene ring substituents is 1. The third-order valence-corrected chi connectivity index (χ3v) is 4.61. The minimum absolute atomic E-state index is 0.152. The molecule has 1 aromatic heterocycles. The van der Waals surface area contributed by atoms with E-state index in [-0.39, 0.29) is 23.4 Å². The second-order valence-corrected chi connectivity index (χ2v) is 6.52. The standard InChI is InChI=1S/C20H19N3O6/c1-12-14(9-17(21)24)19-16(29-11-18(25)26)8-7-15(23(27)28)20(19)22(12)10-13-5-3-2-4-6-13/h2-8H,9-11H2,1H3,(H2,21,24)(H,25,26). The lowest BCUT2D eigenvalue weighted by Crippen LogP contribution is -2.15. The lowest BCUT2D eigenvalue weighted by molar-refractivity contribution is -0.383. The quantitative estimate of drug-likeness (QED) is 0.442. The van der Waals surface area contributed by atoms with Crippen molar-refractivity contribution in [1.82, 2.24) is 4.57 Å². The molecule has 0 aliphatic rings. The molecule has 0 fully saturated rings. The summed E-state index contributed by atoms with van der Waals surface area (Å²) in [6, 6.07) is 12.0. The average Bonchev–Trinajstić information content (AvgIpc) is 2.93. The number of nitro groups is 1. The Morgan fingerprint density at radius 1 is 1.21 bits per heavy atom. The van der Waals surface area contributed by atoms with Crippen molar-refractivity contribution in [3.05, 3.63) is 69.4 Å². The lowest BCUT2D eigenvalue weighted by Gasteiger charge is -2.10. The number of hydrogen-bond donors (Lipinski definition) is 2. The van der Waals surface area contributed by atoms with Gasteiger partial charge in [0, 0.05) is 18.3 Å². The van der Waals surface area contributed by atoms with E-state index in [1.807, 2.05) is 30.3 Å². The maximum absolute atomic E-state index is 11.7. The molecule has 3 aromatic rings. The number of ether oxygens (including phenoxy) is 1. The zero-order valence-corrected chi connectivity index (χ0v) is 15.6. The molecule has 0 aliphatic carbocycles. The summed E-state index contributed by atoms with van der Waals surface area (Å²) in [6.07, 6.45) is -0.158. The average molecular weight is 397 g/mol. The number of carbonyl (C=O) groups is 2. The highest BCUT2D eigenvalue weighted by Crippen LogP contribution is 2.39. The van der Waals surface area contributed by atoms with Gasteiger partial charge in [0.25, 0.3) is 5.69 Å². The fourth-order valence-corrected chi connectivity index (χ4v) is 3.40. The summed E-state index contributed by atoms with van der Waals surface area (Å²) in [5.74, 6) is -1.64. The number of benzene rings is 2. The number of amides is 1. The van der Waals surface area contributed by atoms with Crippen molar-refractivity contribution in [2.45, 2.75) is 19.9 Å². The zero-order chi connectivity index (χ0) is 21.1. The number of aromatic nitrogens is 1. The summed E-state index contributed by atoms with van der Waals surface area (Å²) in [4.78, 5) is 33.8. The number of aliphatic carboxylic acids is 1. The Morgan fingerprint density at radius 3 is 2.48 bits per heavy atom. The first-order chi connectivity index (χ1) is 13.8. The predicted molar refractivity (Wildman–Crippen MR) is 105 cm³/mol. The molecule has 0 spiro atoms. The number of hydrogen-bond acceptors (Lipinski definition) is 5. The second-order valence-electron chi connectivity index (χ2n) is 6.52. The van der Waals surface area contributed by atoms with Crippen LogP contribution in [0.3, 0.4) is 0 Å². The van der Waals surface area contributed by atoms with Gasteiger partial charge in [0.05, 0.1) is 16.7 Å². The summed E-state index contributed by atoms with van der Waals surface area (Å²) in [5.41, 5.74) is 7.50. The van der Waals surface area contributed by atoms with E-state index in [4.69, 9.17) is 15.6 Å². The fourth-order valence-electron chi connectivity index (χ4n) is 3.40. The van der Waals surface area contributed by atoms with Gasteiger partial charge in [0.2, 0.25) is 5.91 Å². The number of nitro benzene ring substituents is 1. The molecule has 3 rings (SSSR count). The maximum Gasteiger partial charge on any atom is 0.341 e. The maximum atomic E-state index is 11.7. The van der Waals surface area contributed by atoms with Crippen molar-refractivity contribution in [2.24, 2.45) is 5.73 Å². The Hall–Kier alpha value is -3.88. The smallest absolute Gasteiger partial charge is 0.341 e. The first-order valence-electron chi connectivity index (χ1n) is 8.75. The molecule has 1 heterocycles. The summed E-state index contributed by atoms with van der Waals surface area (Å²) >= 11 is 0. The monoisotopic (exact) mass is 397 g/mol. The second kappa shape index (κ2) is 8.01. The van der Waals surface area contributed by atoms with Crippen LogP contribution in [0.15, 0.2) is 42.5 Å². The van der Waals surface area contributed by atoms with Gasteiger partial charge in [-0.05, 0) is 24.1 Å². The highest BCUT2D eigenvalue weighted by atomic mass is 16.6. The molecule has 0 unspecified atom stereocenters. The SMILES string of the molecule is Cc1c(CC(N)=O)c2c(OCC(=O)O)ccc([N+](=O)[O-])c2n1Cc1ccccc1. The first kappa shape index (κ1) is 19.9. The van der Waals surface area contributed by atoms with Gasteiger partial charge in [0.15, 0.2) is 6.61 Å². The van der Waals surface area contributed by atoms with Gasteiger partial charge in [0.1, 0.15) is 11.3 Å². The summed E-state index contributed by atoms with van der Waals surface area (Å²) in [7, 11) is 0. The van der Waals surface area contributed by atoms with Crippen molar-refractivity contribution >= 4 is 28.5 Å². The summed E-state index contributed by atoms with van der Waals surface area (Å²) < 4.78 is 7.10. The van der Waals surface area contributed by atoms with Crippen LogP contribution < -0.4 is 10.5 Å². The molecule has 9 heteroatoms. The third kappa shape index (κ3) is 4.03. The molecule has 0 saturated heterocycles. The molecule has 0 aliphatic heterocycles. The molecule has 2 aromatic carbocycles. The number of primary amides is 1. The van der Waals surface area contributed by atoms with Gasteiger partial charge >= 0.3 is 5.97 Å². The molecule has 150 valence electrons. The van der Waals surface area contributed by atoms with Crippen LogP contribution in [0.5, 0.6) is 5.75 Å². The van der Waals surface area contributed by atoms with Crippen LogP contribution in [0.2, 0.25) is 0 Å². The number of carboxylic acids is 1. The van der Waals surface area contributed by atoms with Crippen molar-refractivity contribution in [3.8, 4) is 5.75 Å². The van der Waals surface area contributed by atoms with Crippen LogP contribution in [0, 0.1) is 17.0 Å². The van der Waals surface area contributed by atoms with Gasteiger partial charge in [-0.15, -0.1) is 0 Å². The van der Waals surface area contributed by atoms with Gasteiger partial charge in [-0.25, -0.2) is 4.79 Å². The Morgan fingerprint density at radius 2 is 1.90 bits per heavy atom. The first-order valence-corrected chi connectivity index (χ1v) is 8.75. The number of nitrogens with zero attached hydrogens (tertiary/aromatic N) is 2. The molecule has 0 radical (unpaired) electrons. The normalized spacial score (nSPS) is 10.8. The Labute approximate surface area is 165 Å². The van der Waals surface area contributed by atoms with E-state index in [1.54, 1.807) is 11.5 Å². The molecule has 3 N–H and O–H groups in total. The topological polar surface area (TPSA) is 138 Å². The number of fused-ring (bicyclic) bond motifs is 1.